The normalized spacial score (nSPS) is 15.3. The van der Waals surface area contributed by atoms with Gasteiger partial charge in [-0.15, -0.1) is 0 Å². The van der Waals surface area contributed by atoms with Gasteiger partial charge in [0, 0.05) is 17.9 Å². The van der Waals surface area contributed by atoms with Gasteiger partial charge in [-0.1, -0.05) is 42.9 Å². The summed E-state index contributed by atoms with van der Waals surface area (Å²) in [6.45, 7) is 5.28. The summed E-state index contributed by atoms with van der Waals surface area (Å²) in [7, 11) is 0. The van der Waals surface area contributed by atoms with Crippen LogP contribution in [0.5, 0.6) is 11.5 Å². The monoisotopic (exact) mass is 462 g/mol. The van der Waals surface area contributed by atoms with Gasteiger partial charge in [0.25, 0.3) is 0 Å². The molecular weight excluding hydrogens is 436 g/mol. The molecule has 4 aromatic rings. The molecule has 0 spiro atoms. The summed E-state index contributed by atoms with van der Waals surface area (Å²) in [6, 6.07) is 13.9. The second-order valence-corrected chi connectivity index (χ2v) is 8.98. The average Bonchev–Trinajstić information content (AvgIpc) is 3.43. The smallest absolute Gasteiger partial charge is 0.226 e. The number of aromatic nitrogens is 3. The molecule has 0 aliphatic carbocycles. The number of nitrogens with zero attached hydrogens (tertiary/aromatic N) is 3. The summed E-state index contributed by atoms with van der Waals surface area (Å²) in [6.07, 6.45) is 4.24. The van der Waals surface area contributed by atoms with Crippen molar-refractivity contribution in [3.05, 3.63) is 59.8 Å². The van der Waals surface area contributed by atoms with E-state index in [0.29, 0.717) is 31.2 Å². The summed E-state index contributed by atoms with van der Waals surface area (Å²) >= 11 is 1.55. The number of amides is 1. The van der Waals surface area contributed by atoms with E-state index in [1.54, 1.807) is 16.0 Å². The SMILES string of the molecule is CCCCOc1ccc(C2CC(=O)Nc3c2cnn3-c2nc3ccccc3s2)cc1OCC. The molecule has 1 unspecified atom stereocenters. The molecule has 1 amide bonds. The molecule has 0 fully saturated rings. The first-order chi connectivity index (χ1) is 16.2. The summed E-state index contributed by atoms with van der Waals surface area (Å²) in [4.78, 5) is 17.4. The van der Waals surface area contributed by atoms with Crippen LogP contribution in [0.15, 0.2) is 48.7 Å². The van der Waals surface area contributed by atoms with Crippen LogP contribution in [0.2, 0.25) is 0 Å². The van der Waals surface area contributed by atoms with Crippen LogP contribution in [-0.2, 0) is 4.79 Å². The summed E-state index contributed by atoms with van der Waals surface area (Å²) < 4.78 is 14.6. The van der Waals surface area contributed by atoms with Crippen LogP contribution in [0.4, 0.5) is 5.82 Å². The molecule has 0 saturated carbocycles. The summed E-state index contributed by atoms with van der Waals surface area (Å²) in [5.74, 6) is 1.95. The number of hydrogen-bond donors (Lipinski definition) is 1. The number of thiazole rings is 1. The number of para-hydroxylation sites is 1. The second-order valence-electron chi connectivity index (χ2n) is 7.97. The maximum absolute atomic E-state index is 12.7. The molecule has 7 nitrogen and oxygen atoms in total. The van der Waals surface area contributed by atoms with Crippen molar-refractivity contribution in [2.75, 3.05) is 18.5 Å². The van der Waals surface area contributed by atoms with Crippen molar-refractivity contribution in [1.82, 2.24) is 14.8 Å². The molecular formula is C25H26N4O3S. The van der Waals surface area contributed by atoms with Gasteiger partial charge in [0.15, 0.2) is 11.5 Å². The van der Waals surface area contributed by atoms with Crippen molar-refractivity contribution in [2.24, 2.45) is 0 Å². The van der Waals surface area contributed by atoms with Gasteiger partial charge < -0.3 is 14.8 Å². The zero-order valence-electron chi connectivity index (χ0n) is 18.7. The first-order valence-corrected chi connectivity index (χ1v) is 12.1. The van der Waals surface area contributed by atoms with Gasteiger partial charge >= 0.3 is 0 Å². The Kier molecular flexibility index (Phi) is 6.00. The molecule has 1 aliphatic rings. The lowest BCUT2D eigenvalue weighted by molar-refractivity contribution is -0.116. The maximum Gasteiger partial charge on any atom is 0.226 e. The molecule has 33 heavy (non-hydrogen) atoms. The van der Waals surface area contributed by atoms with E-state index in [1.165, 1.54) is 0 Å². The Labute approximate surface area is 196 Å². The fourth-order valence-electron chi connectivity index (χ4n) is 4.07. The third-order valence-corrected chi connectivity index (χ3v) is 6.72. The quantitative estimate of drug-likeness (QED) is 0.348. The van der Waals surface area contributed by atoms with Crippen LogP contribution in [0.3, 0.4) is 0 Å². The van der Waals surface area contributed by atoms with Crippen LogP contribution in [0.25, 0.3) is 15.3 Å². The number of unbranched alkanes of at least 4 members (excludes halogenated alkanes) is 1. The van der Waals surface area contributed by atoms with Gasteiger partial charge in [-0.3, -0.25) is 4.79 Å². The zero-order valence-corrected chi connectivity index (χ0v) is 19.5. The van der Waals surface area contributed by atoms with E-state index in [-0.39, 0.29) is 11.8 Å². The fourth-order valence-corrected chi connectivity index (χ4v) is 5.00. The number of hydrogen-bond acceptors (Lipinski definition) is 6. The summed E-state index contributed by atoms with van der Waals surface area (Å²) in [5, 5.41) is 8.33. The first kappa shape index (κ1) is 21.5. The van der Waals surface area contributed by atoms with Crippen LogP contribution in [-0.4, -0.2) is 33.9 Å². The maximum atomic E-state index is 12.7. The molecule has 5 rings (SSSR count). The minimum absolute atomic E-state index is 0.0448. The number of carbonyl (C=O) groups is 1. The number of benzene rings is 2. The number of nitrogens with one attached hydrogen (secondary N) is 1. The van der Waals surface area contributed by atoms with Crippen LogP contribution < -0.4 is 14.8 Å². The molecule has 0 saturated heterocycles. The molecule has 170 valence electrons. The van der Waals surface area contributed by atoms with Gasteiger partial charge in [0.05, 0.1) is 29.6 Å². The van der Waals surface area contributed by atoms with Crippen molar-refractivity contribution in [3.8, 4) is 16.6 Å². The van der Waals surface area contributed by atoms with Gasteiger partial charge in [-0.05, 0) is 43.2 Å². The van der Waals surface area contributed by atoms with Crippen LogP contribution >= 0.6 is 11.3 Å². The third-order valence-electron chi connectivity index (χ3n) is 5.71. The van der Waals surface area contributed by atoms with E-state index in [0.717, 1.165) is 45.1 Å². The molecule has 8 heteroatoms. The van der Waals surface area contributed by atoms with Gasteiger partial charge in [0.1, 0.15) is 5.82 Å². The summed E-state index contributed by atoms with van der Waals surface area (Å²) in [5.41, 5.74) is 2.89. The van der Waals surface area contributed by atoms with Crippen molar-refractivity contribution in [1.29, 1.82) is 0 Å². The van der Waals surface area contributed by atoms with Gasteiger partial charge in [0.2, 0.25) is 11.0 Å². The van der Waals surface area contributed by atoms with E-state index >= 15 is 0 Å². The Hall–Kier alpha value is -3.39. The predicted octanol–water partition coefficient (Wildman–Crippen LogP) is 5.53. The topological polar surface area (TPSA) is 78.3 Å². The van der Waals surface area contributed by atoms with Gasteiger partial charge in [-0.2, -0.15) is 9.78 Å². The average molecular weight is 463 g/mol. The number of fused-ring (bicyclic) bond motifs is 2. The van der Waals surface area contributed by atoms with E-state index < -0.39 is 0 Å². The van der Waals surface area contributed by atoms with Gasteiger partial charge in [-0.25, -0.2) is 4.98 Å². The van der Waals surface area contributed by atoms with E-state index in [1.807, 2.05) is 55.6 Å². The number of ether oxygens (including phenoxy) is 2. The Morgan fingerprint density at radius 3 is 2.85 bits per heavy atom. The highest BCUT2D eigenvalue weighted by molar-refractivity contribution is 7.20. The minimum Gasteiger partial charge on any atom is -0.490 e. The molecule has 2 aromatic carbocycles. The van der Waals surface area contributed by atoms with Crippen molar-refractivity contribution >= 4 is 33.3 Å². The number of rotatable bonds is 8. The molecule has 1 aliphatic heterocycles. The number of anilines is 1. The lowest BCUT2D eigenvalue weighted by Gasteiger charge is -2.24. The molecule has 1 N–H and O–H groups in total. The number of carbonyl (C=O) groups excluding carboxylic acids is 1. The van der Waals surface area contributed by atoms with E-state index in [2.05, 4.69) is 17.3 Å². The Morgan fingerprint density at radius 2 is 2.03 bits per heavy atom. The predicted molar refractivity (Wildman–Crippen MR) is 130 cm³/mol. The zero-order chi connectivity index (χ0) is 22.8. The molecule has 0 radical (unpaired) electrons. The lowest BCUT2D eigenvalue weighted by atomic mass is 9.87. The fraction of sp³-hybridized carbons (Fsp3) is 0.320. The van der Waals surface area contributed by atoms with Crippen LogP contribution in [0, 0.1) is 0 Å². The highest BCUT2D eigenvalue weighted by atomic mass is 32.1. The minimum atomic E-state index is -0.124. The first-order valence-electron chi connectivity index (χ1n) is 11.3. The van der Waals surface area contributed by atoms with Crippen molar-refractivity contribution in [3.63, 3.8) is 0 Å². The lowest BCUT2D eigenvalue weighted by Crippen LogP contribution is -2.24. The van der Waals surface area contributed by atoms with Crippen LogP contribution in [0.1, 0.15) is 50.2 Å². The highest BCUT2D eigenvalue weighted by Gasteiger charge is 2.31. The Balaban J connectivity index is 1.51. The molecule has 1 atom stereocenters. The molecule has 0 bridgehead atoms. The van der Waals surface area contributed by atoms with Crippen molar-refractivity contribution < 1.29 is 14.3 Å². The van der Waals surface area contributed by atoms with E-state index in [4.69, 9.17) is 14.5 Å². The van der Waals surface area contributed by atoms with E-state index in [9.17, 15) is 4.79 Å². The third kappa shape index (κ3) is 4.18. The van der Waals surface area contributed by atoms with Crippen molar-refractivity contribution in [2.45, 2.75) is 39.0 Å². The molecule has 2 aromatic heterocycles. The largest absolute Gasteiger partial charge is 0.490 e. The Bertz CT molecular complexity index is 1260. The highest BCUT2D eigenvalue weighted by Crippen LogP contribution is 2.41. The standard InChI is InChI=1S/C25H26N4O3S/c1-3-5-12-32-20-11-10-16(13-21(20)31-4-2)17-14-23(30)28-24-18(17)15-26-29(24)25-27-19-8-6-7-9-22(19)33-25/h6-11,13,15,17H,3-5,12,14H2,1-2H3,(H,28,30). The Morgan fingerprint density at radius 1 is 1.15 bits per heavy atom. The second kappa shape index (κ2) is 9.23. The molecule has 3 heterocycles.